The highest BCUT2D eigenvalue weighted by atomic mass is 35.5. The summed E-state index contributed by atoms with van der Waals surface area (Å²) in [6.07, 6.45) is -2.86. The summed E-state index contributed by atoms with van der Waals surface area (Å²) in [5, 5.41) is -0.175. The Morgan fingerprint density at radius 3 is 2.17 bits per heavy atom. The van der Waals surface area contributed by atoms with Gasteiger partial charge in [0.1, 0.15) is 0 Å². The first-order chi connectivity index (χ1) is 8.52. The first-order valence-electron chi connectivity index (χ1n) is 5.03. The van der Waals surface area contributed by atoms with Gasteiger partial charge in [-0.3, -0.25) is 0 Å². The molecule has 0 heterocycles. The van der Waals surface area contributed by atoms with E-state index in [9.17, 15) is 17.6 Å². The fraction of sp³-hybridized carbons (Fsp3) is 0.0769. The first kappa shape index (κ1) is 12.9. The zero-order valence-corrected chi connectivity index (χ0v) is 9.69. The molecule has 5 heteroatoms. The van der Waals surface area contributed by atoms with Crippen LogP contribution in [-0.4, -0.2) is 0 Å². The second-order valence-corrected chi connectivity index (χ2v) is 4.01. The summed E-state index contributed by atoms with van der Waals surface area (Å²) in [6.45, 7) is 0. The number of rotatable bonds is 2. The molecule has 2 aromatic rings. The Hall–Kier alpha value is -1.55. The van der Waals surface area contributed by atoms with Crippen LogP contribution in [0.3, 0.4) is 0 Å². The fourth-order valence-electron chi connectivity index (χ4n) is 1.71. The van der Waals surface area contributed by atoms with Crippen LogP contribution in [0.5, 0.6) is 0 Å². The zero-order chi connectivity index (χ0) is 13.3. The van der Waals surface area contributed by atoms with Gasteiger partial charge < -0.3 is 0 Å². The number of halogens is 5. The van der Waals surface area contributed by atoms with Crippen LogP contribution in [0.4, 0.5) is 17.6 Å². The lowest BCUT2D eigenvalue weighted by Gasteiger charge is -2.11. The molecule has 2 aromatic carbocycles. The van der Waals surface area contributed by atoms with E-state index in [4.69, 9.17) is 11.6 Å². The monoisotopic (exact) mass is 274 g/mol. The van der Waals surface area contributed by atoms with Crippen LogP contribution in [0.15, 0.2) is 36.4 Å². The second-order valence-electron chi connectivity index (χ2n) is 3.60. The molecule has 0 nitrogen and oxygen atoms in total. The van der Waals surface area contributed by atoms with Gasteiger partial charge in [-0.05, 0) is 17.7 Å². The van der Waals surface area contributed by atoms with Crippen molar-refractivity contribution >= 4 is 11.6 Å². The third-order valence-corrected chi connectivity index (χ3v) is 2.84. The van der Waals surface area contributed by atoms with Gasteiger partial charge in [0.2, 0.25) is 0 Å². The lowest BCUT2D eigenvalue weighted by Crippen LogP contribution is -1.95. The second kappa shape index (κ2) is 4.98. The Kier molecular flexibility index (Phi) is 3.57. The molecule has 0 spiro atoms. The van der Waals surface area contributed by atoms with E-state index in [1.165, 1.54) is 30.3 Å². The van der Waals surface area contributed by atoms with Crippen LogP contribution in [0.25, 0.3) is 11.1 Å². The van der Waals surface area contributed by atoms with Crippen molar-refractivity contribution in [1.29, 1.82) is 0 Å². The molecule has 0 saturated heterocycles. The molecule has 0 atom stereocenters. The molecule has 94 valence electrons. The summed E-state index contributed by atoms with van der Waals surface area (Å²) >= 11 is 5.67. The topological polar surface area (TPSA) is 0 Å². The average molecular weight is 275 g/mol. The Bertz CT molecular complexity index is 581. The van der Waals surface area contributed by atoms with E-state index in [1.807, 2.05) is 0 Å². The molecule has 0 amide bonds. The van der Waals surface area contributed by atoms with Crippen molar-refractivity contribution in [2.75, 3.05) is 0 Å². The molecule has 0 N–H and O–H groups in total. The highest BCUT2D eigenvalue weighted by Gasteiger charge is 2.20. The summed E-state index contributed by atoms with van der Waals surface area (Å²) < 4.78 is 52.5. The molecular weight excluding hydrogens is 268 g/mol. The summed E-state index contributed by atoms with van der Waals surface area (Å²) in [4.78, 5) is 0. The summed E-state index contributed by atoms with van der Waals surface area (Å²) in [7, 11) is 0. The van der Waals surface area contributed by atoms with E-state index in [1.54, 1.807) is 0 Å². The van der Waals surface area contributed by atoms with Gasteiger partial charge in [-0.1, -0.05) is 35.9 Å². The van der Waals surface area contributed by atoms with Gasteiger partial charge in [-0.25, -0.2) is 17.6 Å². The van der Waals surface area contributed by atoms with E-state index >= 15 is 0 Å². The van der Waals surface area contributed by atoms with Crippen LogP contribution in [-0.2, 0) is 0 Å². The van der Waals surface area contributed by atoms with Gasteiger partial charge in [0.05, 0.1) is 5.02 Å². The fourth-order valence-corrected chi connectivity index (χ4v) is 1.96. The summed E-state index contributed by atoms with van der Waals surface area (Å²) in [5.41, 5.74) is -0.828. The van der Waals surface area contributed by atoms with Gasteiger partial charge in [-0.15, -0.1) is 0 Å². The Morgan fingerprint density at radius 2 is 1.50 bits per heavy atom. The molecule has 0 fully saturated rings. The highest BCUT2D eigenvalue weighted by Crippen LogP contribution is 2.37. The largest absolute Gasteiger partial charge is 0.265 e. The van der Waals surface area contributed by atoms with Crippen molar-refractivity contribution in [3.05, 3.63) is 58.6 Å². The zero-order valence-electron chi connectivity index (χ0n) is 8.93. The molecule has 18 heavy (non-hydrogen) atoms. The van der Waals surface area contributed by atoms with Gasteiger partial charge in [0, 0.05) is 11.1 Å². The molecule has 0 saturated carbocycles. The van der Waals surface area contributed by atoms with Gasteiger partial charge in [0.25, 0.3) is 6.43 Å². The molecule has 0 aliphatic carbocycles. The average Bonchev–Trinajstić information content (AvgIpc) is 2.32. The van der Waals surface area contributed by atoms with Crippen molar-refractivity contribution in [3.63, 3.8) is 0 Å². The predicted octanol–water partition coefficient (Wildman–Crippen LogP) is 5.22. The SMILES string of the molecule is Fc1cccc(-c2cccc(Cl)c2C(F)F)c1F. The molecule has 0 aromatic heterocycles. The maximum atomic E-state index is 13.6. The molecule has 0 unspecified atom stereocenters. The standard InChI is InChI=1S/C13H7ClF4/c14-9-5-1-3-7(11(9)13(17)18)8-4-2-6-10(15)12(8)16/h1-6,13H. The molecule has 0 aliphatic heterocycles. The summed E-state index contributed by atoms with van der Waals surface area (Å²) in [5.74, 6) is -2.26. The van der Waals surface area contributed by atoms with Crippen molar-refractivity contribution in [3.8, 4) is 11.1 Å². The van der Waals surface area contributed by atoms with Crippen LogP contribution < -0.4 is 0 Å². The molecule has 2 rings (SSSR count). The minimum atomic E-state index is -2.86. The highest BCUT2D eigenvalue weighted by molar-refractivity contribution is 6.31. The molecule has 0 bridgehead atoms. The van der Waals surface area contributed by atoms with Gasteiger partial charge >= 0.3 is 0 Å². The summed E-state index contributed by atoms with van der Waals surface area (Å²) in [6, 6.07) is 7.38. The van der Waals surface area contributed by atoms with Crippen LogP contribution in [0.2, 0.25) is 5.02 Å². The van der Waals surface area contributed by atoms with Crippen molar-refractivity contribution in [2.45, 2.75) is 6.43 Å². The minimum absolute atomic E-state index is 0.102. The van der Waals surface area contributed by atoms with Crippen LogP contribution >= 0.6 is 11.6 Å². The number of hydrogen-bond donors (Lipinski definition) is 0. The quantitative estimate of drug-likeness (QED) is 0.658. The lowest BCUT2D eigenvalue weighted by atomic mass is 9.99. The minimum Gasteiger partial charge on any atom is -0.205 e. The van der Waals surface area contributed by atoms with Crippen LogP contribution in [0, 0.1) is 11.6 Å². The predicted molar refractivity (Wildman–Crippen MR) is 61.8 cm³/mol. The third-order valence-electron chi connectivity index (χ3n) is 2.51. The van der Waals surface area contributed by atoms with E-state index in [0.717, 1.165) is 6.07 Å². The molecule has 0 aliphatic rings. The Balaban J connectivity index is 2.72. The van der Waals surface area contributed by atoms with Crippen molar-refractivity contribution < 1.29 is 17.6 Å². The maximum Gasteiger partial charge on any atom is 0.265 e. The normalized spacial score (nSPS) is 11.0. The van der Waals surface area contributed by atoms with E-state index in [0.29, 0.717) is 0 Å². The smallest absolute Gasteiger partial charge is 0.205 e. The maximum absolute atomic E-state index is 13.6. The Morgan fingerprint density at radius 1 is 0.889 bits per heavy atom. The van der Waals surface area contributed by atoms with E-state index in [2.05, 4.69) is 0 Å². The van der Waals surface area contributed by atoms with Gasteiger partial charge in [0.15, 0.2) is 11.6 Å². The van der Waals surface area contributed by atoms with E-state index < -0.39 is 23.6 Å². The van der Waals surface area contributed by atoms with E-state index in [-0.39, 0.29) is 16.1 Å². The third kappa shape index (κ3) is 2.20. The number of hydrogen-bond acceptors (Lipinski definition) is 0. The van der Waals surface area contributed by atoms with Gasteiger partial charge in [-0.2, -0.15) is 0 Å². The lowest BCUT2D eigenvalue weighted by molar-refractivity contribution is 0.152. The van der Waals surface area contributed by atoms with Crippen LogP contribution in [0.1, 0.15) is 12.0 Å². The van der Waals surface area contributed by atoms with Crippen molar-refractivity contribution in [2.24, 2.45) is 0 Å². The van der Waals surface area contributed by atoms with Crippen molar-refractivity contribution in [1.82, 2.24) is 0 Å². The number of benzene rings is 2. The molecule has 0 radical (unpaired) electrons. The first-order valence-corrected chi connectivity index (χ1v) is 5.41. The number of alkyl halides is 2. The molecular formula is C13H7ClF4. The Labute approximate surface area is 106 Å².